The summed E-state index contributed by atoms with van der Waals surface area (Å²) >= 11 is 0. The third-order valence-corrected chi connectivity index (χ3v) is 8.24. The maximum Gasteiger partial charge on any atom is 0.302 e. The molecule has 1 aromatic carbocycles. The number of amides is 2. The predicted octanol–water partition coefficient (Wildman–Crippen LogP) is 4.08. The summed E-state index contributed by atoms with van der Waals surface area (Å²) in [7, 11) is 0. The van der Waals surface area contributed by atoms with Gasteiger partial charge in [0, 0.05) is 42.3 Å². The van der Waals surface area contributed by atoms with Crippen molar-refractivity contribution in [3.05, 3.63) is 86.6 Å². The van der Waals surface area contributed by atoms with Crippen LogP contribution in [0.2, 0.25) is 0 Å². The molecular weight excluding hydrogens is 539 g/mol. The zero-order valence-corrected chi connectivity index (χ0v) is 25.0. The Bertz CT molecular complexity index is 1500. The number of halogens is 1. The minimum atomic E-state index is -0.706. The van der Waals surface area contributed by atoms with Gasteiger partial charge in [-0.25, -0.2) is 9.49 Å². The van der Waals surface area contributed by atoms with Gasteiger partial charge in [-0.2, -0.15) is 5.10 Å². The number of nitrogens with zero attached hydrogens (tertiary/aromatic N) is 2. The molecule has 1 aromatic heterocycles. The first-order chi connectivity index (χ1) is 19.8. The average Bonchev–Trinajstić information content (AvgIpc) is 3.30. The summed E-state index contributed by atoms with van der Waals surface area (Å²) in [6, 6.07) is 6.07. The highest BCUT2D eigenvalue weighted by Gasteiger charge is 2.52. The van der Waals surface area contributed by atoms with Crippen LogP contribution in [0.1, 0.15) is 73.3 Å². The Balaban J connectivity index is 1.52. The molecule has 2 aliphatic rings. The van der Waals surface area contributed by atoms with Crippen LogP contribution in [0, 0.1) is 25.2 Å². The number of esters is 1. The number of rotatable bonds is 8. The van der Waals surface area contributed by atoms with Crippen LogP contribution in [0.4, 0.5) is 4.39 Å². The predicted molar refractivity (Wildman–Crippen MR) is 156 cm³/mol. The van der Waals surface area contributed by atoms with Gasteiger partial charge >= 0.3 is 5.97 Å². The second-order valence-corrected chi connectivity index (χ2v) is 11.9. The molecule has 0 saturated carbocycles. The fourth-order valence-corrected chi connectivity index (χ4v) is 6.23. The van der Waals surface area contributed by atoms with Crippen LogP contribution in [0.5, 0.6) is 0 Å². The van der Waals surface area contributed by atoms with E-state index in [4.69, 9.17) is 4.74 Å². The van der Waals surface area contributed by atoms with E-state index in [1.54, 1.807) is 42.2 Å². The van der Waals surface area contributed by atoms with Gasteiger partial charge in [-0.05, 0) is 67.7 Å². The first kappa shape index (κ1) is 30.9. The quantitative estimate of drug-likeness (QED) is 0.456. The van der Waals surface area contributed by atoms with E-state index in [2.05, 4.69) is 15.5 Å². The van der Waals surface area contributed by atoms with Crippen LogP contribution >= 0.6 is 0 Å². The Morgan fingerprint density at radius 2 is 1.95 bits per heavy atom. The largest absolute Gasteiger partial charge is 0.460 e. The molecule has 1 fully saturated rings. The lowest BCUT2D eigenvalue weighted by molar-refractivity contribution is -0.150. The highest BCUT2D eigenvalue weighted by molar-refractivity contribution is 5.96. The fourth-order valence-electron chi connectivity index (χ4n) is 6.23. The van der Waals surface area contributed by atoms with Crippen molar-refractivity contribution in [1.29, 1.82) is 0 Å². The lowest BCUT2D eigenvalue weighted by atomic mass is 9.75. The molecule has 10 heteroatoms. The molecule has 4 rings (SSSR count). The van der Waals surface area contributed by atoms with Crippen LogP contribution in [0.15, 0.2) is 53.1 Å². The summed E-state index contributed by atoms with van der Waals surface area (Å²) in [6.45, 7) is 10.5. The zero-order valence-electron chi connectivity index (χ0n) is 25.0. The van der Waals surface area contributed by atoms with Crippen molar-refractivity contribution < 1.29 is 23.5 Å². The smallest absolute Gasteiger partial charge is 0.302 e. The number of carbonyl (C=O) groups excluding carboxylic acids is 3. The van der Waals surface area contributed by atoms with Crippen molar-refractivity contribution in [3.63, 3.8) is 0 Å². The minimum Gasteiger partial charge on any atom is -0.460 e. The highest BCUT2D eigenvalue weighted by Crippen LogP contribution is 2.45. The Morgan fingerprint density at radius 3 is 2.60 bits per heavy atom. The van der Waals surface area contributed by atoms with E-state index in [0.29, 0.717) is 36.1 Å². The Hall–Kier alpha value is -4.08. The van der Waals surface area contributed by atoms with Gasteiger partial charge in [0.15, 0.2) is 0 Å². The van der Waals surface area contributed by atoms with Crippen LogP contribution in [0.25, 0.3) is 0 Å². The van der Waals surface area contributed by atoms with E-state index in [-0.39, 0.29) is 29.8 Å². The molecule has 1 aliphatic heterocycles. The number of nitrogens with one attached hydrogen (secondary N) is 2. The molecule has 1 aliphatic carbocycles. The second-order valence-electron chi connectivity index (χ2n) is 11.9. The van der Waals surface area contributed by atoms with E-state index < -0.39 is 35.5 Å². The third kappa shape index (κ3) is 6.69. The molecule has 4 atom stereocenters. The molecule has 2 aromatic rings. The highest BCUT2D eigenvalue weighted by atomic mass is 19.1. The second kappa shape index (κ2) is 12.4. The van der Waals surface area contributed by atoms with Crippen LogP contribution in [0.3, 0.4) is 0 Å². The van der Waals surface area contributed by atoms with Crippen molar-refractivity contribution in [1.82, 2.24) is 20.4 Å². The van der Waals surface area contributed by atoms with Gasteiger partial charge in [-0.15, -0.1) is 0 Å². The maximum atomic E-state index is 14.4. The molecule has 2 amide bonds. The van der Waals surface area contributed by atoms with Crippen molar-refractivity contribution in [3.8, 4) is 0 Å². The van der Waals surface area contributed by atoms with E-state index in [1.165, 1.54) is 19.1 Å². The number of aromatic nitrogens is 2. The van der Waals surface area contributed by atoms with Crippen molar-refractivity contribution in [2.75, 3.05) is 6.54 Å². The van der Waals surface area contributed by atoms with Gasteiger partial charge in [0.1, 0.15) is 11.9 Å². The lowest BCUT2D eigenvalue weighted by Crippen LogP contribution is -2.53. The SMILES string of the molecule is CC(=O)O[C@@H]1C[C@@H](C2(C)C=C(F)C=CC2)N(C(=O)CNC(=O)c2ccc(Cc3cc(C)n[nH]c3=O)c(C)c2)[C@H]1C(C)C. The van der Waals surface area contributed by atoms with Gasteiger partial charge in [-0.1, -0.05) is 32.9 Å². The molecular formula is C32H39FN4O5. The van der Waals surface area contributed by atoms with Crippen molar-refractivity contribution >= 4 is 17.8 Å². The molecule has 0 spiro atoms. The Labute approximate surface area is 245 Å². The van der Waals surface area contributed by atoms with Gasteiger partial charge in [0.25, 0.3) is 11.5 Å². The van der Waals surface area contributed by atoms with Crippen molar-refractivity contribution in [2.24, 2.45) is 11.3 Å². The molecule has 224 valence electrons. The number of aromatic amines is 1. The molecule has 2 N–H and O–H groups in total. The van der Waals surface area contributed by atoms with Gasteiger partial charge in [0.05, 0.1) is 18.3 Å². The number of hydrogen-bond donors (Lipinski definition) is 2. The standard InChI is InChI=1S/C32H39FN4O5/c1-18(2)29-26(42-21(5)38)15-27(32(6)11-7-8-25(33)16-32)37(29)28(39)17-34-30(40)23-10-9-22(19(3)12-23)14-24-13-20(4)35-36-31(24)41/h7-10,12-13,16,18,26-27,29H,11,14-15,17H2,1-6H3,(H,34,40)(H,36,41)/t26-,27+,29+,32?/m1/s1. The summed E-state index contributed by atoms with van der Waals surface area (Å²) in [5, 5.41) is 9.13. The van der Waals surface area contributed by atoms with E-state index in [1.807, 2.05) is 27.7 Å². The summed E-state index contributed by atoms with van der Waals surface area (Å²) < 4.78 is 20.1. The number of aryl methyl sites for hydroxylation is 2. The van der Waals surface area contributed by atoms with Gasteiger partial charge in [0.2, 0.25) is 5.91 Å². The number of hydrogen-bond acceptors (Lipinski definition) is 6. The number of allylic oxidation sites excluding steroid dienone is 3. The number of ether oxygens (including phenoxy) is 1. The minimum absolute atomic E-state index is 0.0535. The molecule has 1 saturated heterocycles. The monoisotopic (exact) mass is 578 g/mol. The summed E-state index contributed by atoms with van der Waals surface area (Å²) in [5.41, 5.74) is 2.43. The number of H-pyrrole nitrogens is 1. The lowest BCUT2D eigenvalue weighted by Gasteiger charge is -2.41. The van der Waals surface area contributed by atoms with Crippen LogP contribution < -0.4 is 10.9 Å². The number of likely N-dealkylation sites (tertiary alicyclic amines) is 1. The third-order valence-electron chi connectivity index (χ3n) is 8.24. The summed E-state index contributed by atoms with van der Waals surface area (Å²) in [4.78, 5) is 52.7. The maximum absolute atomic E-state index is 14.4. The molecule has 42 heavy (non-hydrogen) atoms. The van der Waals surface area contributed by atoms with Crippen molar-refractivity contribution in [2.45, 2.75) is 79.0 Å². The topological polar surface area (TPSA) is 121 Å². The van der Waals surface area contributed by atoms with E-state index in [9.17, 15) is 23.6 Å². The first-order valence-electron chi connectivity index (χ1n) is 14.2. The normalized spacial score (nSPS) is 23.6. The van der Waals surface area contributed by atoms with Crippen LogP contribution in [-0.2, 0) is 20.7 Å². The Morgan fingerprint density at radius 1 is 1.21 bits per heavy atom. The van der Waals surface area contributed by atoms with E-state index >= 15 is 0 Å². The van der Waals surface area contributed by atoms with Gasteiger partial charge in [-0.3, -0.25) is 19.2 Å². The molecule has 9 nitrogen and oxygen atoms in total. The fraction of sp³-hybridized carbons (Fsp3) is 0.469. The zero-order chi connectivity index (χ0) is 30.8. The Kier molecular flexibility index (Phi) is 9.13. The summed E-state index contributed by atoms with van der Waals surface area (Å²) in [6.07, 6.45) is 5.45. The van der Waals surface area contributed by atoms with Gasteiger partial charge < -0.3 is 15.0 Å². The molecule has 1 unspecified atom stereocenters. The van der Waals surface area contributed by atoms with E-state index in [0.717, 1.165) is 11.1 Å². The number of benzene rings is 1. The first-order valence-corrected chi connectivity index (χ1v) is 14.2. The average molecular weight is 579 g/mol. The molecule has 2 heterocycles. The molecule has 0 radical (unpaired) electrons. The summed E-state index contributed by atoms with van der Waals surface area (Å²) in [5.74, 6) is -1.61. The number of carbonyl (C=O) groups is 3. The van der Waals surface area contributed by atoms with Crippen LogP contribution in [-0.4, -0.2) is 57.6 Å². The molecule has 0 bridgehead atoms.